The van der Waals surface area contributed by atoms with E-state index in [0.717, 1.165) is 0 Å². The van der Waals surface area contributed by atoms with Gasteiger partial charge in [-0.3, -0.25) is 13.8 Å². The molecular formula is C13H15FO4S. The van der Waals surface area contributed by atoms with Crippen molar-refractivity contribution in [2.75, 3.05) is 12.4 Å². The molecule has 0 spiro atoms. The van der Waals surface area contributed by atoms with Gasteiger partial charge in [-0.05, 0) is 19.1 Å². The minimum Gasteiger partial charge on any atom is -0.466 e. The van der Waals surface area contributed by atoms with Gasteiger partial charge in [0.05, 0.1) is 34.5 Å². The average molecular weight is 286 g/mol. The molecule has 0 heterocycles. The quantitative estimate of drug-likeness (QED) is 0.718. The van der Waals surface area contributed by atoms with E-state index in [4.69, 9.17) is 0 Å². The fourth-order valence-corrected chi connectivity index (χ4v) is 2.51. The van der Waals surface area contributed by atoms with Gasteiger partial charge >= 0.3 is 5.97 Å². The molecule has 1 aromatic carbocycles. The Morgan fingerprint density at radius 1 is 1.26 bits per heavy atom. The molecule has 1 unspecified atom stereocenters. The van der Waals surface area contributed by atoms with Crippen LogP contribution in [0.1, 0.15) is 19.8 Å². The highest BCUT2D eigenvalue weighted by molar-refractivity contribution is 7.85. The lowest BCUT2D eigenvalue weighted by molar-refractivity contribution is -0.144. The number of benzene rings is 1. The molecule has 0 aliphatic rings. The van der Waals surface area contributed by atoms with E-state index in [0.29, 0.717) is 0 Å². The summed E-state index contributed by atoms with van der Waals surface area (Å²) in [5.41, 5.74) is 0. The Balaban J connectivity index is 2.47. The highest BCUT2D eigenvalue weighted by Gasteiger charge is 2.15. The number of Topliss-reactive ketones (excluding diaryl/α,β-unsaturated/α-hetero) is 1. The van der Waals surface area contributed by atoms with Crippen LogP contribution in [0.3, 0.4) is 0 Å². The lowest BCUT2D eigenvalue weighted by atomic mass is 10.2. The zero-order valence-electron chi connectivity index (χ0n) is 10.6. The van der Waals surface area contributed by atoms with Crippen molar-refractivity contribution in [2.24, 2.45) is 0 Å². The summed E-state index contributed by atoms with van der Waals surface area (Å²) in [5.74, 6) is -1.71. The standard InChI is InChI=1S/C13H15FO4S/c1-2-18-13(16)8-7-10(15)9-19(17)12-6-4-3-5-11(12)14/h3-6H,2,7-9H2,1H3. The van der Waals surface area contributed by atoms with E-state index < -0.39 is 22.6 Å². The maximum atomic E-state index is 13.3. The molecule has 0 saturated carbocycles. The second-order valence-electron chi connectivity index (χ2n) is 3.76. The average Bonchev–Trinajstić information content (AvgIpc) is 2.37. The molecule has 0 N–H and O–H groups in total. The SMILES string of the molecule is CCOC(=O)CCC(=O)CS(=O)c1ccccc1F. The topological polar surface area (TPSA) is 60.4 Å². The summed E-state index contributed by atoms with van der Waals surface area (Å²) in [6, 6.07) is 5.61. The van der Waals surface area contributed by atoms with Crippen LogP contribution in [0.15, 0.2) is 29.2 Å². The molecule has 0 aliphatic carbocycles. The first kappa shape index (κ1) is 15.5. The van der Waals surface area contributed by atoms with Gasteiger partial charge in [-0.2, -0.15) is 0 Å². The summed E-state index contributed by atoms with van der Waals surface area (Å²) in [6.07, 6.45) is -0.0832. The zero-order valence-corrected chi connectivity index (χ0v) is 11.4. The molecular weight excluding hydrogens is 271 g/mol. The fourth-order valence-electron chi connectivity index (χ4n) is 1.40. The molecule has 0 fully saturated rings. The van der Waals surface area contributed by atoms with Crippen LogP contribution in [0.25, 0.3) is 0 Å². The van der Waals surface area contributed by atoms with Crippen LogP contribution in [-0.2, 0) is 25.1 Å². The van der Waals surface area contributed by atoms with Gasteiger partial charge in [-0.1, -0.05) is 12.1 Å². The molecule has 6 heteroatoms. The highest BCUT2D eigenvalue weighted by Crippen LogP contribution is 2.12. The predicted octanol–water partition coefficient (Wildman–Crippen LogP) is 1.85. The highest BCUT2D eigenvalue weighted by atomic mass is 32.2. The third kappa shape index (κ3) is 5.30. The van der Waals surface area contributed by atoms with Gasteiger partial charge in [0.1, 0.15) is 11.6 Å². The van der Waals surface area contributed by atoms with Gasteiger partial charge in [0.2, 0.25) is 0 Å². The summed E-state index contributed by atoms with van der Waals surface area (Å²) in [7, 11) is -1.72. The molecule has 1 aromatic rings. The molecule has 0 aromatic heterocycles. The Hall–Kier alpha value is -1.56. The Morgan fingerprint density at radius 3 is 2.58 bits per heavy atom. The Bertz CT molecular complexity index is 487. The zero-order chi connectivity index (χ0) is 14.3. The molecule has 4 nitrogen and oxygen atoms in total. The molecule has 1 atom stereocenters. The van der Waals surface area contributed by atoms with Crippen LogP contribution in [0.2, 0.25) is 0 Å². The van der Waals surface area contributed by atoms with Gasteiger partial charge in [0.15, 0.2) is 0 Å². The minimum atomic E-state index is -1.72. The molecule has 0 radical (unpaired) electrons. The molecule has 0 bridgehead atoms. The molecule has 104 valence electrons. The summed E-state index contributed by atoms with van der Waals surface area (Å²) in [4.78, 5) is 22.6. The van der Waals surface area contributed by atoms with Gasteiger partial charge in [0, 0.05) is 6.42 Å². The summed E-state index contributed by atoms with van der Waals surface area (Å²) in [6.45, 7) is 1.93. The minimum absolute atomic E-state index is 0.00647. The Labute approximate surface area is 113 Å². The Morgan fingerprint density at radius 2 is 1.95 bits per heavy atom. The summed E-state index contributed by atoms with van der Waals surface area (Å²) in [5, 5.41) is 0. The van der Waals surface area contributed by atoms with Crippen LogP contribution in [0.4, 0.5) is 4.39 Å². The fraction of sp³-hybridized carbons (Fsp3) is 0.385. The van der Waals surface area contributed by atoms with E-state index in [9.17, 15) is 18.2 Å². The van der Waals surface area contributed by atoms with Gasteiger partial charge in [0.25, 0.3) is 0 Å². The number of halogens is 1. The van der Waals surface area contributed by atoms with Crippen LogP contribution < -0.4 is 0 Å². The van der Waals surface area contributed by atoms with E-state index in [1.54, 1.807) is 13.0 Å². The van der Waals surface area contributed by atoms with Crippen molar-refractivity contribution in [2.45, 2.75) is 24.7 Å². The van der Waals surface area contributed by atoms with Crippen molar-refractivity contribution in [1.29, 1.82) is 0 Å². The molecule has 1 rings (SSSR count). The van der Waals surface area contributed by atoms with E-state index in [1.165, 1.54) is 18.2 Å². The van der Waals surface area contributed by atoms with Crippen molar-refractivity contribution in [1.82, 2.24) is 0 Å². The summed E-state index contributed by atoms with van der Waals surface area (Å²) < 4.78 is 29.8. The largest absolute Gasteiger partial charge is 0.466 e. The number of carbonyl (C=O) groups is 2. The normalized spacial score (nSPS) is 11.9. The first-order valence-corrected chi connectivity index (χ1v) is 7.16. The molecule has 0 aliphatic heterocycles. The smallest absolute Gasteiger partial charge is 0.306 e. The van der Waals surface area contributed by atoms with E-state index >= 15 is 0 Å². The van der Waals surface area contributed by atoms with Crippen molar-refractivity contribution in [3.8, 4) is 0 Å². The summed E-state index contributed by atoms with van der Waals surface area (Å²) >= 11 is 0. The number of ether oxygens (including phenoxy) is 1. The van der Waals surface area contributed by atoms with Crippen LogP contribution >= 0.6 is 0 Å². The third-order valence-corrected chi connectivity index (χ3v) is 3.69. The lowest BCUT2D eigenvalue weighted by Crippen LogP contribution is -2.14. The first-order chi connectivity index (χ1) is 9.04. The van der Waals surface area contributed by atoms with Crippen LogP contribution in [-0.4, -0.2) is 28.3 Å². The molecule has 19 heavy (non-hydrogen) atoms. The number of hydrogen-bond acceptors (Lipinski definition) is 4. The van der Waals surface area contributed by atoms with Gasteiger partial charge < -0.3 is 4.74 Å². The van der Waals surface area contributed by atoms with Crippen molar-refractivity contribution in [3.05, 3.63) is 30.1 Å². The number of carbonyl (C=O) groups excluding carboxylic acids is 2. The van der Waals surface area contributed by atoms with E-state index in [1.807, 2.05) is 0 Å². The van der Waals surface area contributed by atoms with E-state index in [2.05, 4.69) is 4.74 Å². The number of ketones is 1. The van der Waals surface area contributed by atoms with Gasteiger partial charge in [-0.25, -0.2) is 4.39 Å². The number of rotatable bonds is 7. The molecule has 0 saturated heterocycles. The van der Waals surface area contributed by atoms with Crippen LogP contribution in [0.5, 0.6) is 0 Å². The first-order valence-electron chi connectivity index (χ1n) is 5.84. The number of esters is 1. The lowest BCUT2D eigenvalue weighted by Gasteiger charge is -2.03. The maximum absolute atomic E-state index is 13.3. The molecule has 0 amide bonds. The van der Waals surface area contributed by atoms with Crippen molar-refractivity contribution < 1.29 is 22.9 Å². The second kappa shape index (κ2) is 7.78. The van der Waals surface area contributed by atoms with Crippen molar-refractivity contribution in [3.63, 3.8) is 0 Å². The number of hydrogen-bond donors (Lipinski definition) is 0. The second-order valence-corrected chi connectivity index (χ2v) is 5.18. The third-order valence-electron chi connectivity index (χ3n) is 2.29. The Kier molecular flexibility index (Phi) is 6.35. The predicted molar refractivity (Wildman–Crippen MR) is 68.5 cm³/mol. The van der Waals surface area contributed by atoms with Gasteiger partial charge in [-0.15, -0.1) is 0 Å². The van der Waals surface area contributed by atoms with E-state index in [-0.39, 0.29) is 35.9 Å². The maximum Gasteiger partial charge on any atom is 0.306 e. The monoisotopic (exact) mass is 286 g/mol. The van der Waals surface area contributed by atoms with Crippen molar-refractivity contribution >= 4 is 22.6 Å². The van der Waals surface area contributed by atoms with Crippen LogP contribution in [0, 0.1) is 5.82 Å².